The molecule has 0 saturated carbocycles. The summed E-state index contributed by atoms with van der Waals surface area (Å²) in [7, 11) is 2.04. The van der Waals surface area contributed by atoms with E-state index in [0.717, 1.165) is 19.0 Å². The molecule has 5 heteroatoms. The summed E-state index contributed by atoms with van der Waals surface area (Å²) in [5.41, 5.74) is 0. The molecule has 92 valence electrons. The predicted octanol–water partition coefficient (Wildman–Crippen LogP) is 2.97. The molecule has 0 bridgehead atoms. The summed E-state index contributed by atoms with van der Waals surface area (Å²) in [6, 6.07) is 2.14. The second-order valence-electron chi connectivity index (χ2n) is 4.14. The topological polar surface area (TPSA) is 15.3 Å². The maximum atomic E-state index is 3.59. The molecular formula is C11H18BrClN2S. The second kappa shape index (κ2) is 6.97. The minimum absolute atomic E-state index is 0. The van der Waals surface area contributed by atoms with Crippen molar-refractivity contribution in [3.63, 3.8) is 0 Å². The van der Waals surface area contributed by atoms with E-state index in [1.54, 1.807) is 0 Å². The van der Waals surface area contributed by atoms with Crippen molar-refractivity contribution in [3.05, 3.63) is 20.8 Å². The highest BCUT2D eigenvalue weighted by molar-refractivity contribution is 9.10. The second-order valence-corrected chi connectivity index (χ2v) is 5.99. The van der Waals surface area contributed by atoms with Gasteiger partial charge in [0.25, 0.3) is 0 Å². The Bertz CT molecular complexity index is 319. The number of hydrogen-bond acceptors (Lipinski definition) is 3. The summed E-state index contributed by atoms with van der Waals surface area (Å²) < 4.78 is 1.27. The molecular weight excluding hydrogens is 308 g/mol. The highest BCUT2D eigenvalue weighted by atomic mass is 79.9. The maximum Gasteiger partial charge on any atom is 0.0339 e. The molecule has 0 radical (unpaired) electrons. The Kier molecular flexibility index (Phi) is 6.29. The molecule has 1 N–H and O–H groups in total. The Balaban J connectivity index is 0.00000128. The molecule has 2 rings (SSSR count). The zero-order valence-corrected chi connectivity index (χ0v) is 12.6. The van der Waals surface area contributed by atoms with Crippen LogP contribution in [-0.2, 0) is 6.54 Å². The number of halogens is 2. The third-order valence-electron chi connectivity index (χ3n) is 2.92. The maximum absolute atomic E-state index is 3.59. The van der Waals surface area contributed by atoms with E-state index in [9.17, 15) is 0 Å². The van der Waals surface area contributed by atoms with Crippen LogP contribution in [0.15, 0.2) is 15.9 Å². The van der Waals surface area contributed by atoms with Crippen LogP contribution in [0.3, 0.4) is 0 Å². The van der Waals surface area contributed by atoms with E-state index >= 15 is 0 Å². The van der Waals surface area contributed by atoms with Crippen LogP contribution in [-0.4, -0.2) is 31.6 Å². The Hall–Kier alpha value is 0.390. The number of nitrogens with one attached hydrogen (secondary N) is 1. The van der Waals surface area contributed by atoms with Gasteiger partial charge in [-0.1, -0.05) is 0 Å². The van der Waals surface area contributed by atoms with Crippen LogP contribution < -0.4 is 5.32 Å². The predicted molar refractivity (Wildman–Crippen MR) is 76.6 cm³/mol. The molecule has 0 aromatic carbocycles. The van der Waals surface area contributed by atoms with Crippen molar-refractivity contribution in [2.75, 3.05) is 26.7 Å². The fourth-order valence-corrected chi connectivity index (χ4v) is 3.67. The lowest BCUT2D eigenvalue weighted by atomic mass is 10.1. The molecule has 0 amide bonds. The van der Waals surface area contributed by atoms with Gasteiger partial charge in [0.1, 0.15) is 0 Å². The Morgan fingerprint density at radius 3 is 3.06 bits per heavy atom. The molecule has 1 aliphatic rings. The molecule has 0 spiro atoms. The van der Waals surface area contributed by atoms with Gasteiger partial charge in [-0.15, -0.1) is 23.7 Å². The van der Waals surface area contributed by atoms with Crippen molar-refractivity contribution in [2.24, 2.45) is 5.92 Å². The average molecular weight is 326 g/mol. The van der Waals surface area contributed by atoms with E-state index in [2.05, 4.69) is 37.6 Å². The lowest BCUT2D eigenvalue weighted by Gasteiger charge is -2.15. The van der Waals surface area contributed by atoms with Crippen molar-refractivity contribution in [1.82, 2.24) is 10.2 Å². The standard InChI is InChI=1S/C11H17BrN2S.ClH/c1-13-6-9-2-4-14(7-9)8-11-10(12)3-5-15-11;/h3,5,9,13H,2,4,6-8H2,1H3;1H. The van der Waals surface area contributed by atoms with Crippen LogP contribution >= 0.6 is 39.7 Å². The van der Waals surface area contributed by atoms with Crippen molar-refractivity contribution in [1.29, 1.82) is 0 Å². The number of likely N-dealkylation sites (tertiary alicyclic amines) is 1. The van der Waals surface area contributed by atoms with Crippen LogP contribution in [0, 0.1) is 5.92 Å². The fourth-order valence-electron chi connectivity index (χ4n) is 2.15. The summed E-state index contributed by atoms with van der Waals surface area (Å²) in [5, 5.41) is 5.42. The van der Waals surface area contributed by atoms with Crippen molar-refractivity contribution in [3.8, 4) is 0 Å². The molecule has 2 nitrogen and oxygen atoms in total. The van der Waals surface area contributed by atoms with E-state index in [4.69, 9.17) is 0 Å². The monoisotopic (exact) mass is 324 g/mol. The van der Waals surface area contributed by atoms with Gasteiger partial charge in [0.2, 0.25) is 0 Å². The zero-order valence-electron chi connectivity index (χ0n) is 9.41. The number of hydrogen-bond donors (Lipinski definition) is 1. The van der Waals surface area contributed by atoms with Crippen LogP contribution in [0.4, 0.5) is 0 Å². The molecule has 16 heavy (non-hydrogen) atoms. The van der Waals surface area contributed by atoms with Crippen molar-refractivity contribution in [2.45, 2.75) is 13.0 Å². The molecule has 1 fully saturated rings. The SMILES string of the molecule is CNCC1CCN(Cc2sccc2Br)C1.Cl. The number of thiophene rings is 1. The van der Waals surface area contributed by atoms with E-state index in [1.807, 2.05) is 18.4 Å². The Morgan fingerprint density at radius 1 is 1.62 bits per heavy atom. The highest BCUT2D eigenvalue weighted by Gasteiger charge is 2.22. The van der Waals surface area contributed by atoms with Crippen LogP contribution in [0.2, 0.25) is 0 Å². The first-order valence-corrected chi connectivity index (χ1v) is 7.05. The summed E-state index contributed by atoms with van der Waals surface area (Å²) in [4.78, 5) is 4.01. The van der Waals surface area contributed by atoms with Gasteiger partial charge >= 0.3 is 0 Å². The quantitative estimate of drug-likeness (QED) is 0.915. The van der Waals surface area contributed by atoms with Gasteiger partial charge in [-0.3, -0.25) is 4.90 Å². The largest absolute Gasteiger partial charge is 0.319 e. The molecule has 1 atom stereocenters. The third kappa shape index (κ3) is 3.70. The number of nitrogens with zero attached hydrogens (tertiary/aromatic N) is 1. The first-order valence-electron chi connectivity index (χ1n) is 5.38. The molecule has 0 aliphatic carbocycles. The van der Waals surface area contributed by atoms with Crippen LogP contribution in [0.5, 0.6) is 0 Å². The molecule has 1 aromatic rings. The number of rotatable bonds is 4. The van der Waals surface area contributed by atoms with E-state index in [-0.39, 0.29) is 12.4 Å². The molecule has 1 unspecified atom stereocenters. The minimum Gasteiger partial charge on any atom is -0.319 e. The summed E-state index contributed by atoms with van der Waals surface area (Å²) >= 11 is 5.44. The van der Waals surface area contributed by atoms with Gasteiger partial charge in [-0.2, -0.15) is 0 Å². The van der Waals surface area contributed by atoms with Crippen LogP contribution in [0.1, 0.15) is 11.3 Å². The van der Waals surface area contributed by atoms with E-state index in [1.165, 1.54) is 28.9 Å². The molecule has 2 heterocycles. The highest BCUT2D eigenvalue weighted by Crippen LogP contribution is 2.26. The normalized spacial score (nSPS) is 21.0. The van der Waals surface area contributed by atoms with Gasteiger partial charge in [0.05, 0.1) is 0 Å². The Labute approximate surface area is 116 Å². The van der Waals surface area contributed by atoms with Crippen molar-refractivity contribution < 1.29 is 0 Å². The van der Waals surface area contributed by atoms with Gasteiger partial charge < -0.3 is 5.32 Å². The summed E-state index contributed by atoms with van der Waals surface area (Å²) in [5.74, 6) is 0.841. The third-order valence-corrected chi connectivity index (χ3v) is 4.83. The lowest BCUT2D eigenvalue weighted by Crippen LogP contribution is -2.24. The minimum atomic E-state index is 0. The van der Waals surface area contributed by atoms with E-state index in [0.29, 0.717) is 0 Å². The summed E-state index contributed by atoms with van der Waals surface area (Å²) in [6.45, 7) is 4.75. The van der Waals surface area contributed by atoms with Gasteiger partial charge in [-0.25, -0.2) is 0 Å². The molecule has 1 aliphatic heterocycles. The van der Waals surface area contributed by atoms with Crippen molar-refractivity contribution >= 4 is 39.7 Å². The van der Waals surface area contributed by atoms with Crippen LogP contribution in [0.25, 0.3) is 0 Å². The molecule has 1 saturated heterocycles. The first kappa shape index (κ1) is 14.5. The lowest BCUT2D eigenvalue weighted by molar-refractivity contribution is 0.318. The first-order chi connectivity index (χ1) is 7.29. The Morgan fingerprint density at radius 2 is 2.44 bits per heavy atom. The van der Waals surface area contributed by atoms with Gasteiger partial charge in [0, 0.05) is 22.4 Å². The average Bonchev–Trinajstić information content (AvgIpc) is 2.79. The zero-order chi connectivity index (χ0) is 10.7. The van der Waals surface area contributed by atoms with Gasteiger partial charge in [-0.05, 0) is 59.9 Å². The smallest absolute Gasteiger partial charge is 0.0339 e. The summed E-state index contributed by atoms with van der Waals surface area (Å²) in [6.07, 6.45) is 1.34. The fraction of sp³-hybridized carbons (Fsp3) is 0.636. The van der Waals surface area contributed by atoms with Gasteiger partial charge in [0.15, 0.2) is 0 Å². The van der Waals surface area contributed by atoms with E-state index < -0.39 is 0 Å². The molecule has 1 aromatic heterocycles.